The molecule has 0 radical (unpaired) electrons. The van der Waals surface area contributed by atoms with Crippen molar-refractivity contribution in [3.8, 4) is 0 Å². The summed E-state index contributed by atoms with van der Waals surface area (Å²) in [6.07, 6.45) is 1.03. The van der Waals surface area contributed by atoms with E-state index < -0.39 is 0 Å². The zero-order valence-corrected chi connectivity index (χ0v) is 12.5. The van der Waals surface area contributed by atoms with Crippen LogP contribution in [0.2, 0.25) is 0 Å². The van der Waals surface area contributed by atoms with E-state index in [-0.39, 0.29) is 23.9 Å². The standard InChI is InChI=1S/C16H24N2O2/c1-4-12-5-7-13(8-6-12)11(2)18-16(19)14-9-20-10-15(14)17-3/h5-8,11,14-15,17H,4,9-10H2,1-3H3,(H,18,19). The van der Waals surface area contributed by atoms with Gasteiger partial charge in [-0.15, -0.1) is 0 Å². The Bertz CT molecular complexity index is 444. The van der Waals surface area contributed by atoms with Gasteiger partial charge in [0, 0.05) is 6.04 Å². The Kier molecular flexibility index (Phi) is 5.15. The summed E-state index contributed by atoms with van der Waals surface area (Å²) in [5, 5.41) is 6.22. The van der Waals surface area contributed by atoms with Gasteiger partial charge in [-0.1, -0.05) is 31.2 Å². The Balaban J connectivity index is 1.96. The van der Waals surface area contributed by atoms with Gasteiger partial charge in [0.15, 0.2) is 0 Å². The van der Waals surface area contributed by atoms with Crippen LogP contribution in [-0.2, 0) is 16.0 Å². The Morgan fingerprint density at radius 1 is 1.35 bits per heavy atom. The van der Waals surface area contributed by atoms with Gasteiger partial charge in [0.05, 0.1) is 25.2 Å². The summed E-state index contributed by atoms with van der Waals surface area (Å²) in [6.45, 7) is 5.26. The number of carbonyl (C=O) groups excluding carboxylic acids is 1. The molecule has 3 atom stereocenters. The lowest BCUT2D eigenvalue weighted by molar-refractivity contribution is -0.126. The fourth-order valence-electron chi connectivity index (χ4n) is 2.54. The number of likely N-dealkylation sites (N-methyl/N-ethyl adjacent to an activating group) is 1. The van der Waals surface area contributed by atoms with Crippen molar-refractivity contribution in [1.82, 2.24) is 10.6 Å². The molecular weight excluding hydrogens is 252 g/mol. The molecule has 0 aromatic heterocycles. The van der Waals surface area contributed by atoms with Gasteiger partial charge in [-0.2, -0.15) is 0 Å². The molecule has 20 heavy (non-hydrogen) atoms. The van der Waals surface area contributed by atoms with Gasteiger partial charge < -0.3 is 15.4 Å². The minimum absolute atomic E-state index is 0.0199. The fraction of sp³-hybridized carbons (Fsp3) is 0.562. The maximum atomic E-state index is 12.3. The Hall–Kier alpha value is -1.39. The molecule has 2 rings (SSSR count). The third-order valence-electron chi connectivity index (χ3n) is 4.03. The highest BCUT2D eigenvalue weighted by Gasteiger charge is 2.33. The number of hydrogen-bond acceptors (Lipinski definition) is 3. The molecule has 2 N–H and O–H groups in total. The molecular formula is C16H24N2O2. The van der Waals surface area contributed by atoms with Crippen molar-refractivity contribution in [2.45, 2.75) is 32.4 Å². The van der Waals surface area contributed by atoms with Crippen molar-refractivity contribution in [1.29, 1.82) is 0 Å². The van der Waals surface area contributed by atoms with Crippen LogP contribution in [0, 0.1) is 5.92 Å². The molecule has 4 nitrogen and oxygen atoms in total. The lowest BCUT2D eigenvalue weighted by Gasteiger charge is -2.20. The van der Waals surface area contributed by atoms with E-state index in [4.69, 9.17) is 4.74 Å². The summed E-state index contributed by atoms with van der Waals surface area (Å²) in [6, 6.07) is 8.55. The van der Waals surface area contributed by atoms with Crippen molar-refractivity contribution in [2.75, 3.05) is 20.3 Å². The van der Waals surface area contributed by atoms with Crippen LogP contribution < -0.4 is 10.6 Å². The van der Waals surface area contributed by atoms with E-state index in [2.05, 4.69) is 41.8 Å². The van der Waals surface area contributed by atoms with Crippen LogP contribution in [0.3, 0.4) is 0 Å². The van der Waals surface area contributed by atoms with Gasteiger partial charge in [-0.05, 0) is 31.5 Å². The highest BCUT2D eigenvalue weighted by molar-refractivity contribution is 5.80. The molecule has 1 amide bonds. The SMILES string of the molecule is CCc1ccc(C(C)NC(=O)C2COCC2NC)cc1. The molecule has 4 heteroatoms. The van der Waals surface area contributed by atoms with Crippen molar-refractivity contribution >= 4 is 5.91 Å². The fourth-order valence-corrected chi connectivity index (χ4v) is 2.54. The molecule has 3 unspecified atom stereocenters. The smallest absolute Gasteiger partial charge is 0.227 e. The zero-order valence-electron chi connectivity index (χ0n) is 12.5. The summed E-state index contributed by atoms with van der Waals surface area (Å²) in [5.41, 5.74) is 2.45. The number of aryl methyl sites for hydroxylation is 1. The number of ether oxygens (including phenoxy) is 1. The summed E-state index contributed by atoms with van der Waals surface area (Å²) < 4.78 is 5.38. The average Bonchev–Trinajstić information content (AvgIpc) is 2.95. The van der Waals surface area contributed by atoms with Crippen molar-refractivity contribution in [3.05, 3.63) is 35.4 Å². The monoisotopic (exact) mass is 276 g/mol. The summed E-state index contributed by atoms with van der Waals surface area (Å²) in [7, 11) is 1.87. The van der Waals surface area contributed by atoms with Gasteiger partial charge in [0.1, 0.15) is 0 Å². The van der Waals surface area contributed by atoms with E-state index in [1.54, 1.807) is 0 Å². The van der Waals surface area contributed by atoms with Crippen LogP contribution in [-0.4, -0.2) is 32.2 Å². The van der Waals surface area contributed by atoms with Crippen LogP contribution in [0.4, 0.5) is 0 Å². The van der Waals surface area contributed by atoms with Crippen LogP contribution in [0.25, 0.3) is 0 Å². The maximum Gasteiger partial charge on any atom is 0.227 e. The minimum atomic E-state index is -0.0997. The van der Waals surface area contributed by atoms with E-state index >= 15 is 0 Å². The third kappa shape index (κ3) is 3.38. The van der Waals surface area contributed by atoms with Gasteiger partial charge in [-0.3, -0.25) is 4.79 Å². The Morgan fingerprint density at radius 2 is 2.05 bits per heavy atom. The predicted molar refractivity (Wildman–Crippen MR) is 79.5 cm³/mol. The number of benzene rings is 1. The second kappa shape index (κ2) is 6.86. The topological polar surface area (TPSA) is 50.4 Å². The lowest BCUT2D eigenvalue weighted by Crippen LogP contribution is -2.43. The van der Waals surface area contributed by atoms with E-state index in [1.807, 2.05) is 14.0 Å². The van der Waals surface area contributed by atoms with Crippen LogP contribution in [0.5, 0.6) is 0 Å². The number of hydrogen-bond donors (Lipinski definition) is 2. The molecule has 0 aliphatic carbocycles. The Labute approximate surface area is 120 Å². The number of carbonyl (C=O) groups is 1. The van der Waals surface area contributed by atoms with Crippen LogP contribution >= 0.6 is 0 Å². The van der Waals surface area contributed by atoms with Gasteiger partial charge in [-0.25, -0.2) is 0 Å². The molecule has 1 aromatic carbocycles. The van der Waals surface area contributed by atoms with Crippen LogP contribution in [0.1, 0.15) is 31.0 Å². The number of amides is 1. The first kappa shape index (κ1) is 15.0. The van der Waals surface area contributed by atoms with Crippen molar-refractivity contribution < 1.29 is 9.53 Å². The molecule has 1 heterocycles. The Morgan fingerprint density at radius 3 is 2.65 bits per heavy atom. The quantitative estimate of drug-likeness (QED) is 0.860. The number of rotatable bonds is 5. The van der Waals surface area contributed by atoms with Gasteiger partial charge in [0.25, 0.3) is 0 Å². The largest absolute Gasteiger partial charge is 0.379 e. The molecule has 0 saturated carbocycles. The van der Waals surface area contributed by atoms with Crippen molar-refractivity contribution in [3.63, 3.8) is 0 Å². The molecule has 1 aliphatic rings. The van der Waals surface area contributed by atoms with Gasteiger partial charge in [0.2, 0.25) is 5.91 Å². The first-order chi connectivity index (χ1) is 9.65. The van der Waals surface area contributed by atoms with Crippen molar-refractivity contribution in [2.24, 2.45) is 5.92 Å². The molecule has 1 fully saturated rings. The second-order valence-electron chi connectivity index (χ2n) is 5.36. The molecule has 110 valence electrons. The van der Waals surface area contributed by atoms with Crippen LogP contribution in [0.15, 0.2) is 24.3 Å². The highest BCUT2D eigenvalue weighted by atomic mass is 16.5. The van der Waals surface area contributed by atoms with E-state index in [1.165, 1.54) is 5.56 Å². The average molecular weight is 276 g/mol. The first-order valence-electron chi connectivity index (χ1n) is 7.30. The minimum Gasteiger partial charge on any atom is -0.379 e. The maximum absolute atomic E-state index is 12.3. The molecule has 1 aromatic rings. The van der Waals surface area contributed by atoms with E-state index in [9.17, 15) is 4.79 Å². The lowest BCUT2D eigenvalue weighted by atomic mass is 10.0. The summed E-state index contributed by atoms with van der Waals surface area (Å²) in [5.74, 6) is -0.0358. The summed E-state index contributed by atoms with van der Waals surface area (Å²) in [4.78, 5) is 12.3. The van der Waals surface area contributed by atoms with Gasteiger partial charge >= 0.3 is 0 Å². The molecule has 0 bridgehead atoms. The van der Waals surface area contributed by atoms with E-state index in [0.717, 1.165) is 12.0 Å². The molecule has 1 saturated heterocycles. The third-order valence-corrected chi connectivity index (χ3v) is 4.03. The highest BCUT2D eigenvalue weighted by Crippen LogP contribution is 2.18. The first-order valence-corrected chi connectivity index (χ1v) is 7.30. The molecule has 0 spiro atoms. The predicted octanol–water partition coefficient (Wildman–Crippen LogP) is 1.66. The second-order valence-corrected chi connectivity index (χ2v) is 5.36. The molecule has 1 aliphatic heterocycles. The zero-order chi connectivity index (χ0) is 14.5. The number of nitrogens with one attached hydrogen (secondary N) is 2. The normalized spacial score (nSPS) is 23.6. The summed E-state index contributed by atoms with van der Waals surface area (Å²) >= 11 is 0. The van der Waals surface area contributed by atoms with E-state index in [0.29, 0.717) is 13.2 Å².